The van der Waals surface area contributed by atoms with Crippen LogP contribution >= 0.6 is 12.4 Å². The highest BCUT2D eigenvalue weighted by Gasteiger charge is 2.26. The SMILES string of the molecule is CCOc1ccc2ccccc2c1[C@@H](CF)N1CCNCC1.Cl. The summed E-state index contributed by atoms with van der Waals surface area (Å²) in [6.07, 6.45) is 0. The van der Waals surface area contributed by atoms with E-state index in [2.05, 4.69) is 28.4 Å². The molecule has 1 saturated heterocycles. The molecule has 2 aromatic rings. The van der Waals surface area contributed by atoms with Gasteiger partial charge in [0.25, 0.3) is 0 Å². The lowest BCUT2D eigenvalue weighted by atomic mass is 9.96. The van der Waals surface area contributed by atoms with Crippen molar-refractivity contribution < 1.29 is 9.13 Å². The minimum absolute atomic E-state index is 0. The van der Waals surface area contributed by atoms with E-state index in [-0.39, 0.29) is 18.4 Å². The van der Waals surface area contributed by atoms with E-state index in [0.29, 0.717) is 6.61 Å². The molecular formula is C18H24ClFN2O. The first-order valence-corrected chi connectivity index (χ1v) is 8.00. The van der Waals surface area contributed by atoms with E-state index < -0.39 is 6.67 Å². The maximum Gasteiger partial charge on any atom is 0.124 e. The van der Waals surface area contributed by atoms with E-state index in [4.69, 9.17) is 4.74 Å². The van der Waals surface area contributed by atoms with E-state index in [1.807, 2.05) is 25.1 Å². The van der Waals surface area contributed by atoms with Crippen LogP contribution in [0.25, 0.3) is 10.8 Å². The van der Waals surface area contributed by atoms with Gasteiger partial charge in [-0.3, -0.25) is 4.90 Å². The molecule has 1 heterocycles. The van der Waals surface area contributed by atoms with E-state index in [0.717, 1.165) is 48.3 Å². The van der Waals surface area contributed by atoms with Crippen molar-refractivity contribution >= 4 is 23.2 Å². The van der Waals surface area contributed by atoms with Gasteiger partial charge in [0.15, 0.2) is 0 Å². The second-order valence-corrected chi connectivity index (χ2v) is 5.59. The summed E-state index contributed by atoms with van der Waals surface area (Å²) < 4.78 is 19.8. The van der Waals surface area contributed by atoms with Gasteiger partial charge in [-0.15, -0.1) is 12.4 Å². The molecule has 5 heteroatoms. The fraction of sp³-hybridized carbons (Fsp3) is 0.444. The fourth-order valence-electron chi connectivity index (χ4n) is 3.25. The Morgan fingerprint density at radius 2 is 1.91 bits per heavy atom. The number of ether oxygens (including phenoxy) is 1. The molecule has 0 unspecified atom stereocenters. The number of piperazine rings is 1. The first kappa shape index (κ1) is 18.0. The summed E-state index contributed by atoms with van der Waals surface area (Å²) in [4.78, 5) is 2.22. The average molecular weight is 339 g/mol. The van der Waals surface area contributed by atoms with Crippen molar-refractivity contribution in [1.82, 2.24) is 10.2 Å². The van der Waals surface area contributed by atoms with E-state index in [9.17, 15) is 4.39 Å². The first-order valence-electron chi connectivity index (χ1n) is 8.00. The predicted molar refractivity (Wildman–Crippen MR) is 95.5 cm³/mol. The molecule has 0 amide bonds. The Bertz CT molecular complexity index is 631. The van der Waals surface area contributed by atoms with Gasteiger partial charge in [-0.2, -0.15) is 0 Å². The molecule has 0 aromatic heterocycles. The molecule has 2 aromatic carbocycles. The quantitative estimate of drug-likeness (QED) is 0.902. The zero-order valence-electron chi connectivity index (χ0n) is 13.4. The number of nitrogens with one attached hydrogen (secondary N) is 1. The lowest BCUT2D eigenvalue weighted by Crippen LogP contribution is -2.45. The second kappa shape index (κ2) is 8.48. The standard InChI is InChI=1S/C18H23FN2O.ClH/c1-2-22-17-8-7-14-5-3-4-6-15(14)18(17)16(13-19)21-11-9-20-10-12-21;/h3-8,16,20H,2,9-13H2,1H3;1H/t16-;/m1./s1. The minimum atomic E-state index is -0.395. The van der Waals surface area contributed by atoms with Gasteiger partial charge in [0.05, 0.1) is 12.6 Å². The second-order valence-electron chi connectivity index (χ2n) is 5.59. The van der Waals surface area contributed by atoms with Crippen LogP contribution in [0.1, 0.15) is 18.5 Å². The number of nitrogens with zero attached hydrogens (tertiary/aromatic N) is 1. The van der Waals surface area contributed by atoms with Crippen molar-refractivity contribution in [2.24, 2.45) is 0 Å². The summed E-state index contributed by atoms with van der Waals surface area (Å²) >= 11 is 0. The molecule has 3 rings (SSSR count). The molecule has 0 bridgehead atoms. The Hall–Kier alpha value is -1.36. The van der Waals surface area contributed by atoms with Gasteiger partial charge in [0, 0.05) is 31.7 Å². The molecule has 1 atom stereocenters. The minimum Gasteiger partial charge on any atom is -0.494 e. The third-order valence-electron chi connectivity index (χ3n) is 4.30. The Labute approximate surface area is 143 Å². The molecule has 0 aliphatic carbocycles. The molecule has 0 radical (unpaired) electrons. The van der Waals surface area contributed by atoms with Crippen molar-refractivity contribution in [2.75, 3.05) is 39.5 Å². The molecule has 1 aliphatic heterocycles. The number of alkyl halides is 1. The van der Waals surface area contributed by atoms with Gasteiger partial charge in [0.1, 0.15) is 12.4 Å². The number of hydrogen-bond donors (Lipinski definition) is 1. The number of halogens is 2. The molecular weight excluding hydrogens is 315 g/mol. The van der Waals surface area contributed by atoms with Gasteiger partial charge in [-0.25, -0.2) is 4.39 Å². The summed E-state index contributed by atoms with van der Waals surface area (Å²) in [5.41, 5.74) is 0.990. The van der Waals surface area contributed by atoms with Gasteiger partial charge in [-0.1, -0.05) is 30.3 Å². The fourth-order valence-corrected chi connectivity index (χ4v) is 3.25. The number of benzene rings is 2. The normalized spacial score (nSPS) is 16.8. The van der Waals surface area contributed by atoms with Crippen LogP contribution in [0.15, 0.2) is 36.4 Å². The Balaban J connectivity index is 0.00000192. The van der Waals surface area contributed by atoms with Crippen LogP contribution in [0.3, 0.4) is 0 Å². The Morgan fingerprint density at radius 1 is 1.17 bits per heavy atom. The topological polar surface area (TPSA) is 24.5 Å². The highest BCUT2D eigenvalue weighted by atomic mass is 35.5. The van der Waals surface area contributed by atoms with Gasteiger partial charge in [0.2, 0.25) is 0 Å². The van der Waals surface area contributed by atoms with Crippen molar-refractivity contribution in [3.05, 3.63) is 42.0 Å². The average Bonchev–Trinajstić information content (AvgIpc) is 2.58. The molecule has 1 N–H and O–H groups in total. The highest BCUT2D eigenvalue weighted by Crippen LogP contribution is 2.36. The summed E-state index contributed by atoms with van der Waals surface area (Å²) in [5.74, 6) is 0.808. The predicted octanol–water partition coefficient (Wildman–Crippen LogP) is 3.58. The number of hydrogen-bond acceptors (Lipinski definition) is 3. The summed E-state index contributed by atoms with van der Waals surface area (Å²) in [7, 11) is 0. The smallest absolute Gasteiger partial charge is 0.124 e. The molecule has 0 spiro atoms. The Morgan fingerprint density at radius 3 is 2.61 bits per heavy atom. The third kappa shape index (κ3) is 3.77. The van der Waals surface area contributed by atoms with Crippen LogP contribution in [-0.2, 0) is 0 Å². The maximum absolute atomic E-state index is 14.0. The molecule has 126 valence electrons. The van der Waals surface area contributed by atoms with Crippen LogP contribution in [0.5, 0.6) is 5.75 Å². The van der Waals surface area contributed by atoms with Crippen LogP contribution in [0.4, 0.5) is 4.39 Å². The summed E-state index contributed by atoms with van der Waals surface area (Å²) in [5, 5.41) is 5.55. The third-order valence-corrected chi connectivity index (χ3v) is 4.30. The highest BCUT2D eigenvalue weighted by molar-refractivity contribution is 5.88. The molecule has 1 aliphatic rings. The van der Waals surface area contributed by atoms with E-state index in [1.54, 1.807) is 0 Å². The van der Waals surface area contributed by atoms with Crippen LogP contribution in [0.2, 0.25) is 0 Å². The van der Waals surface area contributed by atoms with Crippen LogP contribution < -0.4 is 10.1 Å². The lowest BCUT2D eigenvalue weighted by Gasteiger charge is -2.35. The first-order chi connectivity index (χ1) is 10.8. The van der Waals surface area contributed by atoms with Crippen LogP contribution in [0, 0.1) is 0 Å². The number of rotatable bonds is 5. The lowest BCUT2D eigenvalue weighted by molar-refractivity contribution is 0.145. The number of fused-ring (bicyclic) bond motifs is 1. The van der Waals surface area contributed by atoms with E-state index >= 15 is 0 Å². The molecule has 0 saturated carbocycles. The van der Waals surface area contributed by atoms with Crippen molar-refractivity contribution in [2.45, 2.75) is 13.0 Å². The van der Waals surface area contributed by atoms with Crippen molar-refractivity contribution in [1.29, 1.82) is 0 Å². The van der Waals surface area contributed by atoms with E-state index in [1.165, 1.54) is 0 Å². The zero-order valence-corrected chi connectivity index (χ0v) is 14.2. The summed E-state index contributed by atoms with van der Waals surface area (Å²) in [6, 6.07) is 12.0. The van der Waals surface area contributed by atoms with Crippen molar-refractivity contribution in [3.8, 4) is 5.75 Å². The summed E-state index contributed by atoms with van der Waals surface area (Å²) in [6.45, 7) is 5.71. The maximum atomic E-state index is 14.0. The zero-order chi connectivity index (χ0) is 15.4. The van der Waals surface area contributed by atoms with Crippen LogP contribution in [-0.4, -0.2) is 44.4 Å². The van der Waals surface area contributed by atoms with Gasteiger partial charge >= 0.3 is 0 Å². The Kier molecular flexibility index (Phi) is 6.63. The van der Waals surface area contributed by atoms with Gasteiger partial charge < -0.3 is 10.1 Å². The molecule has 3 nitrogen and oxygen atoms in total. The largest absolute Gasteiger partial charge is 0.494 e. The molecule has 23 heavy (non-hydrogen) atoms. The van der Waals surface area contributed by atoms with Gasteiger partial charge in [-0.05, 0) is 23.8 Å². The monoisotopic (exact) mass is 338 g/mol. The van der Waals surface area contributed by atoms with Crippen molar-refractivity contribution in [3.63, 3.8) is 0 Å². The molecule has 1 fully saturated rings.